The lowest BCUT2D eigenvalue weighted by Gasteiger charge is -2.02. The molecule has 0 aromatic carbocycles. The fraction of sp³-hybridized carbons (Fsp3) is 0.538. The highest BCUT2D eigenvalue weighted by molar-refractivity contribution is 5.96. The Morgan fingerprint density at radius 1 is 1.42 bits per heavy atom. The lowest BCUT2D eigenvalue weighted by molar-refractivity contribution is 0.0694. The van der Waals surface area contributed by atoms with Crippen LogP contribution >= 0.6 is 0 Å². The molecule has 19 heavy (non-hydrogen) atoms. The van der Waals surface area contributed by atoms with Crippen molar-refractivity contribution >= 4 is 11.9 Å². The van der Waals surface area contributed by atoms with Gasteiger partial charge in [0, 0.05) is 32.7 Å². The van der Waals surface area contributed by atoms with E-state index in [2.05, 4.69) is 5.32 Å². The first-order valence-electron chi connectivity index (χ1n) is 6.23. The van der Waals surface area contributed by atoms with E-state index in [9.17, 15) is 9.59 Å². The highest BCUT2D eigenvalue weighted by Gasteiger charge is 2.19. The maximum absolute atomic E-state index is 11.8. The van der Waals surface area contributed by atoms with E-state index in [1.54, 1.807) is 14.0 Å². The van der Waals surface area contributed by atoms with Crippen molar-refractivity contribution in [3.05, 3.63) is 23.2 Å². The molecule has 106 valence electrons. The van der Waals surface area contributed by atoms with Crippen molar-refractivity contribution < 1.29 is 23.8 Å². The first kappa shape index (κ1) is 15.2. The number of aromatic carboxylic acids is 1. The normalized spacial score (nSPS) is 10.4. The Balaban J connectivity index is 2.55. The number of hydrogen-bond donors (Lipinski definition) is 2. The number of ether oxygens (including phenoxy) is 1. The molecule has 0 fully saturated rings. The van der Waals surface area contributed by atoms with Crippen LogP contribution in [0.3, 0.4) is 0 Å². The van der Waals surface area contributed by atoms with Crippen molar-refractivity contribution in [3.8, 4) is 0 Å². The Hall–Kier alpha value is -1.82. The monoisotopic (exact) mass is 269 g/mol. The van der Waals surface area contributed by atoms with E-state index in [4.69, 9.17) is 14.3 Å². The van der Waals surface area contributed by atoms with Crippen LogP contribution in [0.4, 0.5) is 0 Å². The fourth-order valence-electron chi connectivity index (χ4n) is 1.64. The van der Waals surface area contributed by atoms with Gasteiger partial charge in [0.25, 0.3) is 5.91 Å². The number of unbranched alkanes of at least 4 members (excludes halogenated alkanes) is 1. The first-order chi connectivity index (χ1) is 9.10. The summed E-state index contributed by atoms with van der Waals surface area (Å²) in [4.78, 5) is 22.7. The molecule has 0 saturated heterocycles. The molecule has 6 heteroatoms. The minimum atomic E-state index is -1.08. The van der Waals surface area contributed by atoms with Gasteiger partial charge in [0.05, 0.1) is 0 Å². The molecule has 1 heterocycles. The minimum absolute atomic E-state index is 0.0426. The Bertz CT molecular complexity index is 438. The average Bonchev–Trinajstić information content (AvgIpc) is 2.82. The molecule has 0 aliphatic heterocycles. The number of hydrogen-bond acceptors (Lipinski definition) is 4. The molecular weight excluding hydrogens is 250 g/mol. The molecule has 0 bridgehead atoms. The Morgan fingerprint density at radius 2 is 2.16 bits per heavy atom. The highest BCUT2D eigenvalue weighted by atomic mass is 16.5. The number of amides is 1. The Morgan fingerprint density at radius 3 is 2.68 bits per heavy atom. The van der Waals surface area contributed by atoms with Gasteiger partial charge in [0.15, 0.2) is 5.76 Å². The van der Waals surface area contributed by atoms with E-state index in [0.717, 1.165) is 12.8 Å². The minimum Gasteiger partial charge on any atom is -0.478 e. The van der Waals surface area contributed by atoms with Crippen molar-refractivity contribution in [1.29, 1.82) is 0 Å². The third-order valence-electron chi connectivity index (χ3n) is 2.65. The number of nitrogens with one attached hydrogen (secondary N) is 1. The van der Waals surface area contributed by atoms with Gasteiger partial charge in [0.2, 0.25) is 0 Å². The van der Waals surface area contributed by atoms with Crippen LogP contribution in [0.1, 0.15) is 46.4 Å². The SMILES string of the molecule is CCc1oc(C(=O)NCCCCOC)cc1C(=O)O. The molecule has 0 saturated carbocycles. The lowest BCUT2D eigenvalue weighted by Crippen LogP contribution is -2.24. The van der Waals surface area contributed by atoms with Crippen LogP contribution in [0.25, 0.3) is 0 Å². The number of methoxy groups -OCH3 is 1. The number of carbonyl (C=O) groups is 2. The van der Waals surface area contributed by atoms with Crippen LogP contribution in [-0.2, 0) is 11.2 Å². The molecule has 1 amide bonds. The molecule has 1 aromatic heterocycles. The van der Waals surface area contributed by atoms with Crippen molar-refractivity contribution in [1.82, 2.24) is 5.32 Å². The summed E-state index contributed by atoms with van der Waals surface area (Å²) in [5.41, 5.74) is 0.0482. The van der Waals surface area contributed by atoms with E-state index < -0.39 is 5.97 Å². The number of aryl methyl sites for hydroxylation is 1. The van der Waals surface area contributed by atoms with E-state index in [0.29, 0.717) is 25.3 Å². The number of carboxylic acids is 1. The standard InChI is InChI=1S/C13H19NO5/c1-3-10-9(13(16)17)8-11(19-10)12(15)14-6-4-5-7-18-2/h8H,3-7H2,1-2H3,(H,14,15)(H,16,17). The second kappa shape index (κ2) is 7.58. The topological polar surface area (TPSA) is 88.8 Å². The summed E-state index contributed by atoms with van der Waals surface area (Å²) in [6.45, 7) is 2.93. The predicted octanol–water partition coefficient (Wildman–Crippen LogP) is 1.70. The molecule has 1 aromatic rings. The molecule has 0 spiro atoms. The van der Waals surface area contributed by atoms with Gasteiger partial charge in [-0.3, -0.25) is 4.79 Å². The molecular formula is C13H19NO5. The van der Waals surface area contributed by atoms with Gasteiger partial charge < -0.3 is 19.6 Å². The third-order valence-corrected chi connectivity index (χ3v) is 2.65. The number of carboxylic acid groups (broad SMARTS) is 1. The number of carbonyl (C=O) groups excluding carboxylic acids is 1. The van der Waals surface area contributed by atoms with Gasteiger partial charge in [-0.25, -0.2) is 4.79 Å². The summed E-state index contributed by atoms with van der Waals surface area (Å²) in [5, 5.41) is 11.6. The summed E-state index contributed by atoms with van der Waals surface area (Å²) in [7, 11) is 1.63. The summed E-state index contributed by atoms with van der Waals surface area (Å²) < 4.78 is 10.1. The van der Waals surface area contributed by atoms with Crippen molar-refractivity contribution in [2.75, 3.05) is 20.3 Å². The van der Waals surface area contributed by atoms with Crippen molar-refractivity contribution in [3.63, 3.8) is 0 Å². The van der Waals surface area contributed by atoms with Gasteiger partial charge >= 0.3 is 5.97 Å². The average molecular weight is 269 g/mol. The number of furan rings is 1. The van der Waals surface area contributed by atoms with Crippen LogP contribution < -0.4 is 5.32 Å². The predicted molar refractivity (Wildman–Crippen MR) is 68.5 cm³/mol. The zero-order chi connectivity index (χ0) is 14.3. The van der Waals surface area contributed by atoms with Crippen LogP contribution in [0.15, 0.2) is 10.5 Å². The summed E-state index contributed by atoms with van der Waals surface area (Å²) in [6, 6.07) is 1.27. The van der Waals surface area contributed by atoms with Gasteiger partial charge in [-0.1, -0.05) is 6.92 Å². The maximum Gasteiger partial charge on any atom is 0.339 e. The Kier molecular flexibility index (Phi) is 6.08. The molecule has 0 radical (unpaired) electrons. The van der Waals surface area contributed by atoms with Crippen molar-refractivity contribution in [2.24, 2.45) is 0 Å². The molecule has 0 unspecified atom stereocenters. The summed E-state index contributed by atoms with van der Waals surface area (Å²) in [5.74, 6) is -1.11. The molecule has 0 aliphatic carbocycles. The molecule has 2 N–H and O–H groups in total. The first-order valence-corrected chi connectivity index (χ1v) is 6.23. The Labute approximate surface area is 111 Å². The zero-order valence-corrected chi connectivity index (χ0v) is 11.2. The van der Waals surface area contributed by atoms with Crippen molar-refractivity contribution in [2.45, 2.75) is 26.2 Å². The summed E-state index contributed by atoms with van der Waals surface area (Å²) in [6.07, 6.45) is 2.09. The maximum atomic E-state index is 11.8. The van der Waals surface area contributed by atoms with Crippen LogP contribution in [0.2, 0.25) is 0 Å². The smallest absolute Gasteiger partial charge is 0.339 e. The lowest BCUT2D eigenvalue weighted by atomic mass is 10.2. The van der Waals surface area contributed by atoms with Gasteiger partial charge in [-0.15, -0.1) is 0 Å². The zero-order valence-electron chi connectivity index (χ0n) is 11.2. The fourth-order valence-corrected chi connectivity index (χ4v) is 1.64. The van der Waals surface area contributed by atoms with E-state index in [-0.39, 0.29) is 17.2 Å². The van der Waals surface area contributed by atoms with Gasteiger partial charge in [-0.2, -0.15) is 0 Å². The highest BCUT2D eigenvalue weighted by Crippen LogP contribution is 2.16. The van der Waals surface area contributed by atoms with E-state index >= 15 is 0 Å². The molecule has 1 rings (SSSR count). The van der Waals surface area contributed by atoms with Gasteiger partial charge in [-0.05, 0) is 12.8 Å². The van der Waals surface area contributed by atoms with E-state index in [1.165, 1.54) is 6.07 Å². The summed E-state index contributed by atoms with van der Waals surface area (Å²) >= 11 is 0. The van der Waals surface area contributed by atoms with Crippen LogP contribution in [0, 0.1) is 0 Å². The largest absolute Gasteiger partial charge is 0.478 e. The molecule has 0 aliphatic rings. The van der Waals surface area contributed by atoms with Gasteiger partial charge in [0.1, 0.15) is 11.3 Å². The number of rotatable bonds is 8. The van der Waals surface area contributed by atoms with E-state index in [1.807, 2.05) is 0 Å². The van der Waals surface area contributed by atoms with Crippen LogP contribution in [0.5, 0.6) is 0 Å². The molecule has 6 nitrogen and oxygen atoms in total. The second-order valence-corrected chi connectivity index (χ2v) is 4.06. The quantitative estimate of drug-likeness (QED) is 0.701. The third kappa shape index (κ3) is 4.40. The second-order valence-electron chi connectivity index (χ2n) is 4.06. The molecule has 0 atom stereocenters. The van der Waals surface area contributed by atoms with Crippen LogP contribution in [-0.4, -0.2) is 37.2 Å².